The van der Waals surface area contributed by atoms with Gasteiger partial charge in [-0.3, -0.25) is 23.4 Å². The van der Waals surface area contributed by atoms with E-state index >= 15 is 0 Å². The van der Waals surface area contributed by atoms with Gasteiger partial charge in [0, 0.05) is 12.8 Å². The normalized spacial score (nSPS) is 13.7. The number of hydrogen-bond donors (Lipinski definition) is 3. The van der Waals surface area contributed by atoms with Gasteiger partial charge in [-0.1, -0.05) is 206 Å². The van der Waals surface area contributed by atoms with Crippen molar-refractivity contribution < 1.29 is 47.5 Å². The second-order valence-corrected chi connectivity index (χ2v) is 18.1. The number of phosphoric ester groups is 1. The van der Waals surface area contributed by atoms with E-state index in [1.54, 1.807) is 0 Å². The third-order valence-electron chi connectivity index (χ3n) is 10.8. The fourth-order valence-corrected chi connectivity index (χ4v) is 7.71. The highest BCUT2D eigenvalue weighted by Gasteiger charge is 2.28. The zero-order chi connectivity index (χ0) is 43.5. The van der Waals surface area contributed by atoms with Crippen molar-refractivity contribution >= 4 is 25.7 Å². The Labute approximate surface area is 360 Å². The summed E-state index contributed by atoms with van der Waals surface area (Å²) in [5, 5.41) is 8.90. The molecular weight excluding hydrogens is 769 g/mol. The number of ether oxygens (including phenoxy) is 2. The van der Waals surface area contributed by atoms with E-state index in [1.165, 1.54) is 161 Å². The fourth-order valence-electron chi connectivity index (χ4n) is 6.93. The van der Waals surface area contributed by atoms with Crippen molar-refractivity contribution in [2.45, 2.75) is 251 Å². The van der Waals surface area contributed by atoms with Crippen LogP contribution in [0, 0.1) is 0 Å². The van der Waals surface area contributed by atoms with Crippen LogP contribution >= 0.6 is 7.82 Å². The van der Waals surface area contributed by atoms with Crippen LogP contribution in [0.5, 0.6) is 0 Å². The maximum Gasteiger partial charge on any atom is 0.472 e. The van der Waals surface area contributed by atoms with E-state index in [0.29, 0.717) is 12.8 Å². The molecule has 0 amide bonds. The van der Waals surface area contributed by atoms with Gasteiger partial charge in [-0.25, -0.2) is 4.57 Å². The van der Waals surface area contributed by atoms with E-state index < -0.39 is 51.1 Å². The van der Waals surface area contributed by atoms with Crippen LogP contribution in [0.15, 0.2) is 12.2 Å². The molecule has 0 bridgehead atoms. The smallest absolute Gasteiger partial charge is 0.472 e. The quantitative estimate of drug-likeness (QED) is 0.0230. The molecule has 0 aliphatic carbocycles. The standard InChI is InChI=1S/C47H90NO10P/c1-3-5-7-9-11-13-15-17-19-20-21-22-23-25-27-29-31-33-35-37-39-46(50)58-43(41-56-59(53,54)57-42-44(48)47(51)52)40-55-45(49)38-36-34-32-30-28-26-24-18-16-14-12-10-8-6-4-2/h10,12,43-44H,3-9,11,13-42,48H2,1-2H3,(H,51,52)(H,53,54)/b12-10+/t43-,44+/m1/s1. The monoisotopic (exact) mass is 860 g/mol. The number of unbranched alkanes of at least 4 members (excludes halogenated alkanes) is 30. The SMILES string of the molecule is CCCC/C=C/CCCCCCCCCCCC(=O)OC[C@H](COP(=O)(O)OC[C@H](N)C(=O)O)OC(=O)CCCCCCCCCCCCCCCCCCCCCC. The minimum Gasteiger partial charge on any atom is -0.480 e. The molecule has 0 saturated heterocycles. The highest BCUT2D eigenvalue weighted by Crippen LogP contribution is 2.43. The highest BCUT2D eigenvalue weighted by atomic mass is 31.2. The van der Waals surface area contributed by atoms with Crippen molar-refractivity contribution in [3.05, 3.63) is 12.2 Å². The molecule has 0 spiro atoms. The largest absolute Gasteiger partial charge is 0.480 e. The summed E-state index contributed by atoms with van der Waals surface area (Å²) in [6, 6.07) is -1.52. The molecule has 348 valence electrons. The zero-order valence-electron chi connectivity index (χ0n) is 37.9. The molecule has 0 aromatic heterocycles. The second-order valence-electron chi connectivity index (χ2n) is 16.6. The Morgan fingerprint density at radius 2 is 0.864 bits per heavy atom. The molecule has 0 aromatic rings. The summed E-state index contributed by atoms with van der Waals surface area (Å²) in [7, 11) is -4.71. The third kappa shape index (κ3) is 42.7. The Balaban J connectivity index is 4.24. The average Bonchev–Trinajstić information content (AvgIpc) is 3.21. The maximum absolute atomic E-state index is 12.7. The topological polar surface area (TPSA) is 172 Å². The number of carbonyl (C=O) groups excluding carboxylic acids is 2. The van der Waals surface area contributed by atoms with Crippen LogP contribution in [-0.4, -0.2) is 59.9 Å². The third-order valence-corrected chi connectivity index (χ3v) is 11.7. The number of aliphatic carboxylic acids is 1. The predicted molar refractivity (Wildman–Crippen MR) is 240 cm³/mol. The number of rotatable bonds is 46. The van der Waals surface area contributed by atoms with Crippen molar-refractivity contribution in [3.63, 3.8) is 0 Å². The van der Waals surface area contributed by atoms with Gasteiger partial charge >= 0.3 is 25.7 Å². The van der Waals surface area contributed by atoms with Gasteiger partial charge in [0.05, 0.1) is 13.2 Å². The van der Waals surface area contributed by atoms with E-state index in [1.807, 2.05) is 0 Å². The highest BCUT2D eigenvalue weighted by molar-refractivity contribution is 7.47. The lowest BCUT2D eigenvalue weighted by atomic mass is 10.0. The summed E-state index contributed by atoms with van der Waals surface area (Å²) < 4.78 is 32.8. The zero-order valence-corrected chi connectivity index (χ0v) is 38.8. The summed E-state index contributed by atoms with van der Waals surface area (Å²) in [6.07, 6.45) is 44.1. The van der Waals surface area contributed by atoms with Gasteiger partial charge in [-0.15, -0.1) is 0 Å². The Kier molecular flexibility index (Phi) is 41.6. The van der Waals surface area contributed by atoms with Crippen molar-refractivity contribution in [2.75, 3.05) is 19.8 Å². The predicted octanol–water partition coefficient (Wildman–Crippen LogP) is 13.2. The number of hydrogen-bond acceptors (Lipinski definition) is 9. The number of carboxylic acid groups (broad SMARTS) is 1. The molecule has 0 heterocycles. The van der Waals surface area contributed by atoms with Crippen LogP contribution in [0.3, 0.4) is 0 Å². The van der Waals surface area contributed by atoms with E-state index in [0.717, 1.165) is 38.5 Å². The first-order chi connectivity index (χ1) is 28.6. The summed E-state index contributed by atoms with van der Waals surface area (Å²) >= 11 is 0. The number of phosphoric acid groups is 1. The molecular formula is C47H90NO10P. The van der Waals surface area contributed by atoms with E-state index in [-0.39, 0.29) is 19.4 Å². The molecule has 0 aromatic carbocycles. The first-order valence-electron chi connectivity index (χ1n) is 24.2. The van der Waals surface area contributed by atoms with Gasteiger partial charge < -0.3 is 25.2 Å². The Morgan fingerprint density at radius 1 is 0.508 bits per heavy atom. The molecule has 4 N–H and O–H groups in total. The first-order valence-corrected chi connectivity index (χ1v) is 25.7. The number of esters is 2. The number of carboxylic acids is 1. The molecule has 3 atom stereocenters. The van der Waals surface area contributed by atoms with E-state index in [9.17, 15) is 23.8 Å². The molecule has 0 rings (SSSR count). The minimum absolute atomic E-state index is 0.167. The Bertz CT molecular complexity index is 1060. The number of allylic oxidation sites excluding steroid dienone is 2. The van der Waals surface area contributed by atoms with Crippen LogP contribution in [-0.2, 0) is 37.5 Å². The van der Waals surface area contributed by atoms with E-state index in [2.05, 4.69) is 30.5 Å². The molecule has 0 aliphatic rings. The van der Waals surface area contributed by atoms with Gasteiger partial charge in [-0.2, -0.15) is 0 Å². The van der Waals surface area contributed by atoms with Crippen LogP contribution in [0.2, 0.25) is 0 Å². The molecule has 0 aliphatic heterocycles. The van der Waals surface area contributed by atoms with Gasteiger partial charge in [0.25, 0.3) is 0 Å². The molecule has 0 saturated carbocycles. The van der Waals surface area contributed by atoms with Crippen LogP contribution in [0.1, 0.15) is 239 Å². The molecule has 11 nitrogen and oxygen atoms in total. The van der Waals surface area contributed by atoms with Crippen LogP contribution in [0.4, 0.5) is 0 Å². The summed E-state index contributed by atoms with van der Waals surface area (Å²) in [4.78, 5) is 46.1. The van der Waals surface area contributed by atoms with Gasteiger partial charge in [-0.05, 0) is 32.1 Å². The summed E-state index contributed by atoms with van der Waals surface area (Å²) in [5.74, 6) is -2.36. The van der Waals surface area contributed by atoms with Gasteiger partial charge in [0.1, 0.15) is 12.6 Å². The molecule has 0 fully saturated rings. The van der Waals surface area contributed by atoms with Crippen LogP contribution < -0.4 is 5.73 Å². The van der Waals surface area contributed by atoms with Gasteiger partial charge in [0.15, 0.2) is 6.10 Å². The Hall–Kier alpha value is -1.78. The molecule has 59 heavy (non-hydrogen) atoms. The maximum atomic E-state index is 12.7. The van der Waals surface area contributed by atoms with Crippen molar-refractivity contribution in [2.24, 2.45) is 5.73 Å². The molecule has 12 heteroatoms. The molecule has 0 radical (unpaired) electrons. The number of carbonyl (C=O) groups is 3. The number of nitrogens with two attached hydrogens (primary N) is 1. The first kappa shape index (κ1) is 57.2. The summed E-state index contributed by atoms with van der Waals surface area (Å²) in [6.45, 7) is 2.82. The molecule has 1 unspecified atom stereocenters. The lowest BCUT2D eigenvalue weighted by molar-refractivity contribution is -0.161. The lowest BCUT2D eigenvalue weighted by Crippen LogP contribution is -2.34. The summed E-state index contributed by atoms with van der Waals surface area (Å²) in [5.41, 5.74) is 5.34. The van der Waals surface area contributed by atoms with Crippen molar-refractivity contribution in [3.8, 4) is 0 Å². The second kappa shape index (κ2) is 42.9. The van der Waals surface area contributed by atoms with Gasteiger partial charge in [0.2, 0.25) is 0 Å². The van der Waals surface area contributed by atoms with Crippen molar-refractivity contribution in [1.29, 1.82) is 0 Å². The minimum atomic E-state index is -4.71. The van der Waals surface area contributed by atoms with Crippen LogP contribution in [0.25, 0.3) is 0 Å². The average molecular weight is 860 g/mol. The fraction of sp³-hybridized carbons (Fsp3) is 0.894. The lowest BCUT2D eigenvalue weighted by Gasteiger charge is -2.20. The van der Waals surface area contributed by atoms with Crippen molar-refractivity contribution in [1.82, 2.24) is 0 Å². The Morgan fingerprint density at radius 3 is 1.29 bits per heavy atom. The van der Waals surface area contributed by atoms with E-state index in [4.69, 9.17) is 24.8 Å².